The molecule has 2 N–H and O–H groups in total. The summed E-state index contributed by atoms with van der Waals surface area (Å²) in [6, 6.07) is 15.3. The van der Waals surface area contributed by atoms with Gasteiger partial charge in [-0.25, -0.2) is 4.79 Å². The van der Waals surface area contributed by atoms with E-state index in [1.54, 1.807) is 0 Å². The number of rotatable bonds is 4. The molecule has 1 aliphatic rings. The van der Waals surface area contributed by atoms with Crippen LogP contribution in [0.2, 0.25) is 0 Å². The monoisotopic (exact) mass is 338 g/mol. The molecule has 132 valence electrons. The molecule has 1 heterocycles. The topological polar surface area (TPSA) is 47.6 Å². The van der Waals surface area contributed by atoms with Crippen molar-refractivity contribution in [2.24, 2.45) is 0 Å². The summed E-state index contributed by atoms with van der Waals surface area (Å²) in [5.41, 5.74) is 4.02. The van der Waals surface area contributed by atoms with Gasteiger partial charge in [-0.2, -0.15) is 0 Å². The predicted molar refractivity (Wildman–Crippen MR) is 105 cm³/mol. The van der Waals surface area contributed by atoms with E-state index in [0.717, 1.165) is 44.1 Å². The molecule has 0 radical (unpaired) electrons. The fourth-order valence-electron chi connectivity index (χ4n) is 3.21. The van der Waals surface area contributed by atoms with Gasteiger partial charge in [0.2, 0.25) is 0 Å². The van der Waals surface area contributed by atoms with Gasteiger partial charge in [0.05, 0.1) is 0 Å². The minimum Gasteiger partial charge on any atom is -0.369 e. The summed E-state index contributed by atoms with van der Waals surface area (Å²) in [6.45, 7) is 9.74. The number of carbonyl (C=O) groups is 1. The first-order chi connectivity index (χ1) is 12.2. The molecule has 0 spiro atoms. The average Bonchev–Trinajstić information content (AvgIpc) is 2.63. The first kappa shape index (κ1) is 17.3. The van der Waals surface area contributed by atoms with Crippen molar-refractivity contribution in [2.45, 2.75) is 13.8 Å². The van der Waals surface area contributed by atoms with E-state index in [1.807, 2.05) is 42.5 Å². The van der Waals surface area contributed by atoms with Crippen molar-refractivity contribution < 1.29 is 4.79 Å². The van der Waals surface area contributed by atoms with Gasteiger partial charge >= 0.3 is 6.03 Å². The molecule has 0 aromatic heterocycles. The number of hydrogen-bond acceptors (Lipinski definition) is 3. The summed E-state index contributed by atoms with van der Waals surface area (Å²) in [5.74, 6) is 0. The Balaban J connectivity index is 1.61. The first-order valence-corrected chi connectivity index (χ1v) is 8.86. The number of urea groups is 1. The number of para-hydroxylation sites is 1. The van der Waals surface area contributed by atoms with Crippen LogP contribution >= 0.6 is 0 Å². The maximum Gasteiger partial charge on any atom is 0.323 e. The van der Waals surface area contributed by atoms with Crippen molar-refractivity contribution in [3.05, 3.63) is 54.1 Å². The zero-order valence-electron chi connectivity index (χ0n) is 15.0. The minimum atomic E-state index is -0.227. The van der Waals surface area contributed by atoms with Crippen LogP contribution in [0.4, 0.5) is 21.9 Å². The number of piperazine rings is 1. The van der Waals surface area contributed by atoms with Gasteiger partial charge < -0.3 is 20.4 Å². The highest BCUT2D eigenvalue weighted by Crippen LogP contribution is 2.25. The highest BCUT2D eigenvalue weighted by atomic mass is 16.2. The molecule has 0 unspecified atom stereocenters. The maximum atomic E-state index is 12.1. The summed E-state index contributed by atoms with van der Waals surface area (Å²) in [5, 5.41) is 5.73. The third-order valence-electron chi connectivity index (χ3n) is 4.65. The van der Waals surface area contributed by atoms with Crippen molar-refractivity contribution in [1.82, 2.24) is 4.90 Å². The Morgan fingerprint density at radius 2 is 1.64 bits per heavy atom. The lowest BCUT2D eigenvalue weighted by Crippen LogP contribution is -2.46. The van der Waals surface area contributed by atoms with Crippen LogP contribution in [0, 0.1) is 6.92 Å². The summed E-state index contributed by atoms with van der Waals surface area (Å²) < 4.78 is 0. The van der Waals surface area contributed by atoms with Gasteiger partial charge in [0, 0.05) is 43.2 Å². The van der Waals surface area contributed by atoms with E-state index >= 15 is 0 Å². The Labute approximate surface area is 149 Å². The normalized spacial score (nSPS) is 15.0. The van der Waals surface area contributed by atoms with E-state index in [-0.39, 0.29) is 6.03 Å². The Morgan fingerprint density at radius 3 is 2.28 bits per heavy atom. The highest BCUT2D eigenvalue weighted by molar-refractivity contribution is 5.99. The van der Waals surface area contributed by atoms with E-state index in [4.69, 9.17) is 0 Å². The molecule has 0 bridgehead atoms. The van der Waals surface area contributed by atoms with Gasteiger partial charge in [0.25, 0.3) is 0 Å². The zero-order valence-corrected chi connectivity index (χ0v) is 15.0. The molecule has 5 heteroatoms. The third kappa shape index (κ3) is 4.51. The highest BCUT2D eigenvalue weighted by Gasteiger charge is 2.17. The fraction of sp³-hybridized carbons (Fsp3) is 0.350. The van der Waals surface area contributed by atoms with Gasteiger partial charge in [-0.1, -0.05) is 25.1 Å². The molecular weight excluding hydrogens is 312 g/mol. The molecule has 3 rings (SSSR count). The van der Waals surface area contributed by atoms with Crippen LogP contribution in [0.15, 0.2) is 48.5 Å². The number of amides is 2. The first-order valence-electron chi connectivity index (χ1n) is 8.86. The molecule has 1 aliphatic heterocycles. The van der Waals surface area contributed by atoms with Crippen LogP contribution < -0.4 is 15.5 Å². The molecule has 25 heavy (non-hydrogen) atoms. The van der Waals surface area contributed by atoms with E-state index in [0.29, 0.717) is 0 Å². The second-order valence-corrected chi connectivity index (χ2v) is 6.37. The van der Waals surface area contributed by atoms with Gasteiger partial charge in [0.1, 0.15) is 0 Å². The molecule has 0 atom stereocenters. The number of aryl methyl sites for hydroxylation is 1. The summed E-state index contributed by atoms with van der Waals surface area (Å²) >= 11 is 0. The fourth-order valence-corrected chi connectivity index (χ4v) is 3.21. The number of benzene rings is 2. The molecule has 2 aromatic carbocycles. The Morgan fingerprint density at radius 1 is 0.960 bits per heavy atom. The summed E-state index contributed by atoms with van der Waals surface area (Å²) in [6.07, 6.45) is 0. The van der Waals surface area contributed by atoms with E-state index < -0.39 is 0 Å². The summed E-state index contributed by atoms with van der Waals surface area (Å²) in [4.78, 5) is 17.0. The molecule has 0 aliphatic carbocycles. The third-order valence-corrected chi connectivity index (χ3v) is 4.65. The minimum absolute atomic E-state index is 0.227. The molecule has 2 aromatic rings. The lowest BCUT2D eigenvalue weighted by atomic mass is 10.1. The molecular formula is C20H26N4O. The van der Waals surface area contributed by atoms with Gasteiger partial charge in [-0.05, 0) is 49.4 Å². The van der Waals surface area contributed by atoms with Crippen LogP contribution in [-0.2, 0) is 0 Å². The molecule has 1 saturated heterocycles. The van der Waals surface area contributed by atoms with Crippen molar-refractivity contribution in [3.8, 4) is 0 Å². The zero-order chi connectivity index (χ0) is 17.6. The Kier molecular flexibility index (Phi) is 5.56. The Bertz CT molecular complexity index is 709. The van der Waals surface area contributed by atoms with Gasteiger partial charge in [0.15, 0.2) is 0 Å². The maximum absolute atomic E-state index is 12.1. The molecule has 2 amide bonds. The lowest BCUT2D eigenvalue weighted by Gasteiger charge is -2.36. The van der Waals surface area contributed by atoms with Crippen LogP contribution in [0.3, 0.4) is 0 Å². The molecule has 0 saturated carbocycles. The second-order valence-electron chi connectivity index (χ2n) is 6.37. The number of likely N-dealkylation sites (N-methyl/N-ethyl adjacent to an activating group) is 1. The van der Waals surface area contributed by atoms with E-state index in [9.17, 15) is 4.79 Å². The standard InChI is InChI=1S/C20H26N4O/c1-3-23-11-13-24(14-12-23)19-10-9-18(15-16(19)2)22-20(25)21-17-7-5-4-6-8-17/h4-10,15H,3,11-14H2,1-2H3,(H2,21,22,25). The van der Waals surface area contributed by atoms with E-state index in [2.05, 4.69) is 40.3 Å². The van der Waals surface area contributed by atoms with Crippen molar-refractivity contribution in [2.75, 3.05) is 48.3 Å². The SMILES string of the molecule is CCN1CCN(c2ccc(NC(=O)Nc3ccccc3)cc2C)CC1. The van der Waals surface area contributed by atoms with Crippen LogP contribution in [0.5, 0.6) is 0 Å². The number of hydrogen-bond donors (Lipinski definition) is 2. The molecule has 1 fully saturated rings. The number of nitrogens with one attached hydrogen (secondary N) is 2. The lowest BCUT2D eigenvalue weighted by molar-refractivity contribution is 0.262. The molecule has 5 nitrogen and oxygen atoms in total. The van der Waals surface area contributed by atoms with Crippen LogP contribution in [-0.4, -0.2) is 43.7 Å². The van der Waals surface area contributed by atoms with Crippen LogP contribution in [0.25, 0.3) is 0 Å². The van der Waals surface area contributed by atoms with Crippen molar-refractivity contribution in [1.29, 1.82) is 0 Å². The van der Waals surface area contributed by atoms with Gasteiger partial charge in [-0.15, -0.1) is 0 Å². The van der Waals surface area contributed by atoms with Crippen molar-refractivity contribution in [3.63, 3.8) is 0 Å². The smallest absolute Gasteiger partial charge is 0.323 e. The number of carbonyl (C=O) groups excluding carboxylic acids is 1. The second kappa shape index (κ2) is 8.03. The van der Waals surface area contributed by atoms with Gasteiger partial charge in [-0.3, -0.25) is 0 Å². The van der Waals surface area contributed by atoms with E-state index in [1.165, 1.54) is 11.3 Å². The average molecular weight is 338 g/mol. The predicted octanol–water partition coefficient (Wildman–Crippen LogP) is 3.78. The van der Waals surface area contributed by atoms with Crippen molar-refractivity contribution >= 4 is 23.1 Å². The van der Waals surface area contributed by atoms with Crippen LogP contribution in [0.1, 0.15) is 12.5 Å². The largest absolute Gasteiger partial charge is 0.369 e. The number of anilines is 3. The number of nitrogens with zero attached hydrogens (tertiary/aromatic N) is 2. The quantitative estimate of drug-likeness (QED) is 0.892. The summed E-state index contributed by atoms with van der Waals surface area (Å²) in [7, 11) is 0. The Hall–Kier alpha value is -2.53.